The molecule has 0 aliphatic carbocycles. The summed E-state index contributed by atoms with van der Waals surface area (Å²) in [6, 6.07) is 18.8. The molecule has 12 nitrogen and oxygen atoms in total. The zero-order chi connectivity index (χ0) is 22.5. The molecule has 0 radical (unpaired) electrons. The molecule has 2 aromatic heterocycles. The van der Waals surface area contributed by atoms with Crippen LogP contribution in [-0.4, -0.2) is 41.9 Å². The highest BCUT2D eigenvalue weighted by atomic mass is 16.2. The van der Waals surface area contributed by atoms with Crippen molar-refractivity contribution in [2.75, 3.05) is 16.0 Å². The van der Waals surface area contributed by atoms with Crippen LogP contribution in [0.15, 0.2) is 60.7 Å². The fourth-order valence-electron chi connectivity index (χ4n) is 2.73. The fraction of sp³-hybridized carbons (Fsp3) is 0.100. The molecule has 0 saturated carbocycles. The van der Waals surface area contributed by atoms with Gasteiger partial charge in [-0.1, -0.05) is 41.1 Å². The van der Waals surface area contributed by atoms with Gasteiger partial charge in [0.2, 0.25) is 23.7 Å². The van der Waals surface area contributed by atoms with Crippen LogP contribution >= 0.6 is 0 Å². The van der Waals surface area contributed by atoms with Gasteiger partial charge in [0.05, 0.1) is 5.10 Å². The van der Waals surface area contributed by atoms with E-state index in [1.807, 2.05) is 60.7 Å². The van der Waals surface area contributed by atoms with Gasteiger partial charge < -0.3 is 0 Å². The zero-order valence-corrected chi connectivity index (χ0v) is 17.2. The van der Waals surface area contributed by atoms with Crippen LogP contribution in [0.5, 0.6) is 0 Å². The van der Waals surface area contributed by atoms with Gasteiger partial charge in [-0.15, -0.1) is 0 Å². The van der Waals surface area contributed by atoms with Crippen molar-refractivity contribution in [3.05, 3.63) is 60.7 Å². The average molecular weight is 431 g/mol. The first-order valence-corrected chi connectivity index (χ1v) is 9.57. The smallest absolute Gasteiger partial charge is 0.295 e. The molecule has 3 N–H and O–H groups in total. The number of benzene rings is 2. The Morgan fingerprint density at radius 3 is 1.88 bits per heavy atom. The van der Waals surface area contributed by atoms with E-state index in [0.29, 0.717) is 5.95 Å². The molecule has 0 fully saturated rings. The molecule has 0 aliphatic rings. The van der Waals surface area contributed by atoms with E-state index in [2.05, 4.69) is 41.2 Å². The standard InChI is InChI=1S/C20H18N10O2/c1-13(31)21-17-23-18(22-14(2)32)25-19(24-17)26-20-27-30(16-11-7-4-8-12-16)28-29(20)15-9-5-3-6-10-15/h3-12H,1-2H3,(H2-,21,22,23,24,25,26,27,28,31,32)/p+1. The Kier molecular flexibility index (Phi) is 5.74. The summed E-state index contributed by atoms with van der Waals surface area (Å²) in [4.78, 5) is 36.8. The van der Waals surface area contributed by atoms with Crippen molar-refractivity contribution in [3.8, 4) is 11.4 Å². The number of nitrogens with one attached hydrogen (secondary N) is 3. The molecule has 160 valence electrons. The van der Waals surface area contributed by atoms with E-state index in [1.165, 1.54) is 18.6 Å². The number of amides is 2. The van der Waals surface area contributed by atoms with Gasteiger partial charge >= 0.3 is 5.95 Å². The van der Waals surface area contributed by atoms with Crippen LogP contribution < -0.4 is 20.6 Å². The highest BCUT2D eigenvalue weighted by molar-refractivity contribution is 5.88. The van der Waals surface area contributed by atoms with Crippen molar-refractivity contribution in [3.63, 3.8) is 0 Å². The minimum Gasteiger partial charge on any atom is -0.295 e. The molecular formula is C20H19N10O2+. The maximum absolute atomic E-state index is 11.5. The molecule has 2 aromatic carbocycles. The Bertz CT molecular complexity index is 1220. The quantitative estimate of drug-likeness (QED) is 0.389. The summed E-state index contributed by atoms with van der Waals surface area (Å²) in [6.07, 6.45) is 0. The van der Waals surface area contributed by atoms with E-state index in [9.17, 15) is 9.59 Å². The second kappa shape index (κ2) is 8.95. The van der Waals surface area contributed by atoms with E-state index in [-0.39, 0.29) is 29.7 Å². The molecule has 0 aliphatic heterocycles. The normalized spacial score (nSPS) is 10.4. The second-order valence-corrected chi connectivity index (χ2v) is 6.58. The molecule has 32 heavy (non-hydrogen) atoms. The van der Waals surface area contributed by atoms with E-state index < -0.39 is 0 Å². The molecule has 0 unspecified atom stereocenters. The maximum Gasteiger partial charge on any atom is 0.410 e. The van der Waals surface area contributed by atoms with Crippen LogP contribution in [-0.2, 0) is 9.59 Å². The summed E-state index contributed by atoms with van der Waals surface area (Å²) in [6.45, 7) is 2.65. The Balaban J connectivity index is 1.77. The highest BCUT2D eigenvalue weighted by Gasteiger charge is 2.23. The number of rotatable bonds is 6. The molecule has 0 atom stereocenters. The number of carbonyl (C=O) groups excluding carboxylic acids is 2. The van der Waals surface area contributed by atoms with Crippen molar-refractivity contribution in [2.24, 2.45) is 0 Å². The van der Waals surface area contributed by atoms with Gasteiger partial charge in [-0.25, -0.2) is 5.32 Å². The third-order valence-corrected chi connectivity index (χ3v) is 3.99. The molecule has 2 heterocycles. The van der Waals surface area contributed by atoms with Crippen molar-refractivity contribution < 1.29 is 14.3 Å². The summed E-state index contributed by atoms with van der Waals surface area (Å²) in [5.74, 6) is -0.442. The number of hydrogen-bond acceptors (Lipinski definition) is 8. The number of para-hydroxylation sites is 2. The Morgan fingerprint density at radius 2 is 1.31 bits per heavy atom. The van der Waals surface area contributed by atoms with E-state index in [4.69, 9.17) is 0 Å². The van der Waals surface area contributed by atoms with Gasteiger partial charge in [-0.3, -0.25) is 20.2 Å². The van der Waals surface area contributed by atoms with Gasteiger partial charge in [0, 0.05) is 19.1 Å². The van der Waals surface area contributed by atoms with Crippen molar-refractivity contribution >= 4 is 35.6 Å². The molecule has 4 rings (SSSR count). The second-order valence-electron chi connectivity index (χ2n) is 6.58. The molecule has 4 aromatic rings. The number of aromatic nitrogens is 7. The molecule has 0 spiro atoms. The molecule has 2 amide bonds. The molecule has 0 saturated heterocycles. The predicted molar refractivity (Wildman–Crippen MR) is 115 cm³/mol. The van der Waals surface area contributed by atoms with Crippen LogP contribution in [0.3, 0.4) is 0 Å². The summed E-state index contributed by atoms with van der Waals surface area (Å²) in [5, 5.41) is 17.0. The van der Waals surface area contributed by atoms with Crippen molar-refractivity contribution in [1.29, 1.82) is 0 Å². The minimum absolute atomic E-state index is 0.0273. The number of tetrazole rings is 1. The lowest BCUT2D eigenvalue weighted by Crippen LogP contribution is -2.36. The number of nitrogens with zero attached hydrogens (tertiary/aromatic N) is 7. The van der Waals surface area contributed by atoms with Crippen LogP contribution in [0, 0.1) is 0 Å². The van der Waals surface area contributed by atoms with E-state index >= 15 is 0 Å². The van der Waals surface area contributed by atoms with Crippen LogP contribution in [0.1, 0.15) is 13.8 Å². The summed E-state index contributed by atoms with van der Waals surface area (Å²) < 4.78 is 1.58. The zero-order valence-electron chi connectivity index (χ0n) is 17.2. The van der Waals surface area contributed by atoms with Crippen molar-refractivity contribution in [1.82, 2.24) is 30.1 Å². The van der Waals surface area contributed by atoms with Crippen LogP contribution in [0.2, 0.25) is 0 Å². The first-order valence-electron chi connectivity index (χ1n) is 9.57. The van der Waals surface area contributed by atoms with E-state index in [0.717, 1.165) is 11.4 Å². The topological polar surface area (TPSA) is 143 Å². The molecular weight excluding hydrogens is 412 g/mol. The van der Waals surface area contributed by atoms with E-state index in [1.54, 1.807) is 4.68 Å². The fourth-order valence-corrected chi connectivity index (χ4v) is 2.73. The summed E-state index contributed by atoms with van der Waals surface area (Å²) in [5.41, 5.74) is 1.49. The van der Waals surface area contributed by atoms with Gasteiger partial charge in [-0.2, -0.15) is 15.0 Å². The Morgan fingerprint density at radius 1 is 0.781 bits per heavy atom. The molecule has 0 bridgehead atoms. The van der Waals surface area contributed by atoms with Crippen LogP contribution in [0.4, 0.5) is 23.8 Å². The number of carbonyl (C=O) groups is 2. The third-order valence-electron chi connectivity index (χ3n) is 3.99. The van der Waals surface area contributed by atoms with Gasteiger partial charge in [0.25, 0.3) is 5.95 Å². The number of hydrogen-bond donors (Lipinski definition) is 3. The molecule has 12 heteroatoms. The van der Waals surface area contributed by atoms with Crippen LogP contribution in [0.25, 0.3) is 11.4 Å². The lowest BCUT2D eigenvalue weighted by molar-refractivity contribution is -0.647. The largest absolute Gasteiger partial charge is 0.410 e. The monoisotopic (exact) mass is 431 g/mol. The lowest BCUT2D eigenvalue weighted by Gasteiger charge is -2.06. The first kappa shape index (κ1) is 20.5. The Labute approximate surface area is 182 Å². The first-order chi connectivity index (χ1) is 15.5. The SMILES string of the molecule is CC(=O)Nc1nc(NC(C)=O)nc(Nc2nn(-c3ccccc3)n[n+]2-c2ccccc2)n1. The Hall–Kier alpha value is -4.74. The lowest BCUT2D eigenvalue weighted by atomic mass is 10.3. The predicted octanol–water partition coefficient (Wildman–Crippen LogP) is 1.39. The minimum atomic E-state index is -0.370. The maximum atomic E-state index is 11.5. The summed E-state index contributed by atoms with van der Waals surface area (Å²) >= 11 is 0. The van der Waals surface area contributed by atoms with Gasteiger partial charge in [-0.05, 0) is 29.1 Å². The summed E-state index contributed by atoms with van der Waals surface area (Å²) in [7, 11) is 0. The average Bonchev–Trinajstić information content (AvgIpc) is 3.17. The number of anilines is 4. The highest BCUT2D eigenvalue weighted by Crippen LogP contribution is 2.14. The third kappa shape index (κ3) is 4.87. The van der Waals surface area contributed by atoms with Crippen molar-refractivity contribution in [2.45, 2.75) is 13.8 Å². The van der Waals surface area contributed by atoms with Gasteiger partial charge in [0.15, 0.2) is 0 Å². The van der Waals surface area contributed by atoms with Gasteiger partial charge in [0.1, 0.15) is 11.4 Å².